The molecule has 2 heterocycles. The van der Waals surface area contributed by atoms with E-state index >= 15 is 0 Å². The van der Waals surface area contributed by atoms with Crippen LogP contribution in [0.1, 0.15) is 35.3 Å². The first kappa shape index (κ1) is 13.6. The molecule has 108 valence electrons. The summed E-state index contributed by atoms with van der Waals surface area (Å²) in [7, 11) is 6.14. The van der Waals surface area contributed by atoms with Gasteiger partial charge < -0.3 is 14.8 Å². The highest BCUT2D eigenvalue weighted by molar-refractivity contribution is 7.15. The third-order valence-corrected chi connectivity index (χ3v) is 5.16. The van der Waals surface area contributed by atoms with Crippen LogP contribution in [0, 0.1) is 0 Å². The van der Waals surface area contributed by atoms with Gasteiger partial charge in [-0.25, -0.2) is 9.97 Å². The molecule has 1 atom stereocenters. The lowest BCUT2D eigenvalue weighted by Gasteiger charge is -2.19. The van der Waals surface area contributed by atoms with Crippen LogP contribution in [0.15, 0.2) is 12.4 Å². The molecule has 5 nitrogen and oxygen atoms in total. The van der Waals surface area contributed by atoms with E-state index in [1.807, 2.05) is 37.8 Å². The summed E-state index contributed by atoms with van der Waals surface area (Å²) in [6.07, 6.45) is 7.43. The van der Waals surface area contributed by atoms with Crippen LogP contribution in [-0.2, 0) is 20.0 Å². The lowest BCUT2D eigenvalue weighted by atomic mass is 9.98. The molecule has 1 unspecified atom stereocenters. The molecule has 1 N–H and O–H groups in total. The molecular formula is C14H21N5S. The number of imidazole rings is 1. The normalized spacial score (nSPS) is 18.1. The summed E-state index contributed by atoms with van der Waals surface area (Å²) in [4.78, 5) is 12.9. The van der Waals surface area contributed by atoms with Crippen LogP contribution >= 0.6 is 11.3 Å². The smallest absolute Gasteiger partial charge is 0.185 e. The molecule has 0 amide bonds. The molecule has 6 heteroatoms. The van der Waals surface area contributed by atoms with Gasteiger partial charge in [0.05, 0.1) is 18.3 Å². The predicted molar refractivity (Wildman–Crippen MR) is 82.2 cm³/mol. The van der Waals surface area contributed by atoms with Gasteiger partial charge >= 0.3 is 0 Å². The summed E-state index contributed by atoms with van der Waals surface area (Å²) in [5, 5.41) is 4.47. The maximum atomic E-state index is 4.86. The van der Waals surface area contributed by atoms with Crippen LogP contribution in [0.4, 0.5) is 5.13 Å². The molecule has 0 fully saturated rings. The number of aryl methyl sites for hydroxylation is 2. The van der Waals surface area contributed by atoms with E-state index in [1.54, 1.807) is 0 Å². The van der Waals surface area contributed by atoms with Gasteiger partial charge in [-0.15, -0.1) is 11.3 Å². The van der Waals surface area contributed by atoms with E-state index in [0.717, 1.165) is 17.5 Å². The molecule has 0 bridgehead atoms. The zero-order valence-electron chi connectivity index (χ0n) is 12.3. The van der Waals surface area contributed by atoms with E-state index in [1.165, 1.54) is 29.8 Å². The molecule has 0 aromatic carbocycles. The van der Waals surface area contributed by atoms with E-state index in [4.69, 9.17) is 4.98 Å². The second kappa shape index (κ2) is 5.54. The second-order valence-corrected chi connectivity index (χ2v) is 6.41. The van der Waals surface area contributed by atoms with E-state index < -0.39 is 0 Å². The van der Waals surface area contributed by atoms with Crippen LogP contribution in [0.2, 0.25) is 0 Å². The van der Waals surface area contributed by atoms with Crippen molar-refractivity contribution < 1.29 is 0 Å². The summed E-state index contributed by atoms with van der Waals surface area (Å²) in [5.74, 6) is 1.06. The summed E-state index contributed by atoms with van der Waals surface area (Å²) < 4.78 is 2.06. The second-order valence-electron chi connectivity index (χ2n) is 5.35. The average Bonchev–Trinajstić information content (AvgIpc) is 3.05. The number of anilines is 1. The van der Waals surface area contributed by atoms with Crippen molar-refractivity contribution in [1.29, 1.82) is 0 Å². The number of nitrogens with one attached hydrogen (secondary N) is 1. The van der Waals surface area contributed by atoms with Crippen molar-refractivity contribution in [1.82, 2.24) is 19.9 Å². The number of hydrogen-bond acceptors (Lipinski definition) is 5. The Morgan fingerprint density at radius 2 is 2.40 bits per heavy atom. The van der Waals surface area contributed by atoms with E-state index in [9.17, 15) is 0 Å². The maximum absolute atomic E-state index is 4.86. The monoisotopic (exact) mass is 291 g/mol. The summed E-state index contributed by atoms with van der Waals surface area (Å²) in [6.45, 7) is 0.792. The molecule has 0 saturated heterocycles. The fourth-order valence-corrected chi connectivity index (χ4v) is 3.80. The Kier molecular flexibility index (Phi) is 3.76. The Labute approximate surface area is 123 Å². The van der Waals surface area contributed by atoms with Gasteiger partial charge in [0.2, 0.25) is 0 Å². The van der Waals surface area contributed by atoms with Crippen molar-refractivity contribution in [3.63, 3.8) is 0 Å². The average molecular weight is 291 g/mol. The largest absolute Gasteiger partial charge is 0.344 e. The Morgan fingerprint density at radius 3 is 3.10 bits per heavy atom. The Balaban J connectivity index is 1.80. The first-order chi connectivity index (χ1) is 9.69. The van der Waals surface area contributed by atoms with Crippen LogP contribution < -0.4 is 10.2 Å². The van der Waals surface area contributed by atoms with E-state index in [2.05, 4.69) is 26.8 Å². The molecule has 2 aromatic heterocycles. The van der Waals surface area contributed by atoms with Gasteiger partial charge in [-0.05, 0) is 26.3 Å². The quantitative estimate of drug-likeness (QED) is 0.937. The summed E-state index contributed by atoms with van der Waals surface area (Å²) in [5.41, 5.74) is 1.26. The van der Waals surface area contributed by atoms with Crippen LogP contribution in [0.5, 0.6) is 0 Å². The predicted octanol–water partition coefficient (Wildman–Crippen LogP) is 2.11. The van der Waals surface area contributed by atoms with Crippen molar-refractivity contribution in [3.8, 4) is 0 Å². The minimum Gasteiger partial charge on any atom is -0.344 e. The summed E-state index contributed by atoms with van der Waals surface area (Å²) >= 11 is 1.83. The molecular weight excluding hydrogens is 270 g/mol. The first-order valence-electron chi connectivity index (χ1n) is 7.03. The van der Waals surface area contributed by atoms with E-state index in [0.29, 0.717) is 6.04 Å². The Bertz CT molecular complexity index is 588. The van der Waals surface area contributed by atoms with Crippen molar-refractivity contribution >= 4 is 16.5 Å². The molecule has 1 aliphatic rings. The van der Waals surface area contributed by atoms with Gasteiger partial charge in [0.15, 0.2) is 5.13 Å². The highest BCUT2D eigenvalue weighted by atomic mass is 32.1. The van der Waals surface area contributed by atoms with Crippen LogP contribution in [0.3, 0.4) is 0 Å². The third-order valence-electron chi connectivity index (χ3n) is 3.92. The standard InChI is InChI=1S/C14H21N5S/c1-15-10-5-4-6-11-13(10)17-14(20-11)19(3)9-12-16-7-8-18(12)2/h7-8,10,15H,4-6,9H2,1-3H3. The zero-order chi connectivity index (χ0) is 14.1. The fraction of sp³-hybridized carbons (Fsp3) is 0.571. The van der Waals surface area contributed by atoms with Crippen molar-refractivity contribution in [2.75, 3.05) is 19.0 Å². The van der Waals surface area contributed by atoms with Crippen molar-refractivity contribution in [3.05, 3.63) is 28.8 Å². The van der Waals surface area contributed by atoms with Crippen molar-refractivity contribution in [2.24, 2.45) is 7.05 Å². The van der Waals surface area contributed by atoms with Gasteiger partial charge in [0.25, 0.3) is 0 Å². The molecule has 0 radical (unpaired) electrons. The lowest BCUT2D eigenvalue weighted by Crippen LogP contribution is -2.22. The van der Waals surface area contributed by atoms with Gasteiger partial charge in [-0.3, -0.25) is 0 Å². The lowest BCUT2D eigenvalue weighted by molar-refractivity contribution is 0.489. The molecule has 0 aliphatic heterocycles. The molecule has 20 heavy (non-hydrogen) atoms. The number of rotatable bonds is 4. The number of hydrogen-bond donors (Lipinski definition) is 1. The number of nitrogens with zero attached hydrogens (tertiary/aromatic N) is 4. The highest BCUT2D eigenvalue weighted by Gasteiger charge is 2.24. The molecule has 3 rings (SSSR count). The minimum atomic E-state index is 0.422. The first-order valence-corrected chi connectivity index (χ1v) is 7.85. The molecule has 0 saturated carbocycles. The Hall–Kier alpha value is -1.40. The van der Waals surface area contributed by atoms with E-state index in [-0.39, 0.29) is 0 Å². The number of aromatic nitrogens is 3. The van der Waals surface area contributed by atoms with Gasteiger partial charge in [0.1, 0.15) is 5.82 Å². The zero-order valence-corrected chi connectivity index (χ0v) is 13.1. The topological polar surface area (TPSA) is 46.0 Å². The number of thiazole rings is 1. The van der Waals surface area contributed by atoms with Crippen LogP contribution in [-0.4, -0.2) is 28.6 Å². The highest BCUT2D eigenvalue weighted by Crippen LogP contribution is 2.36. The van der Waals surface area contributed by atoms with Gasteiger partial charge in [-0.2, -0.15) is 0 Å². The number of fused-ring (bicyclic) bond motifs is 1. The van der Waals surface area contributed by atoms with Crippen molar-refractivity contribution in [2.45, 2.75) is 31.8 Å². The van der Waals surface area contributed by atoms with Gasteiger partial charge in [0, 0.05) is 31.4 Å². The van der Waals surface area contributed by atoms with Gasteiger partial charge in [-0.1, -0.05) is 0 Å². The minimum absolute atomic E-state index is 0.422. The van der Waals surface area contributed by atoms with Crippen LogP contribution in [0.25, 0.3) is 0 Å². The summed E-state index contributed by atoms with van der Waals surface area (Å²) in [6, 6.07) is 0.422. The third kappa shape index (κ3) is 2.45. The molecule has 0 spiro atoms. The maximum Gasteiger partial charge on any atom is 0.185 e. The fourth-order valence-electron chi connectivity index (χ4n) is 2.68. The Morgan fingerprint density at radius 1 is 1.55 bits per heavy atom. The SMILES string of the molecule is CNC1CCCc2sc(N(C)Cc3nccn3C)nc21. The molecule has 1 aliphatic carbocycles. The molecule has 2 aromatic rings.